The molecule has 1 saturated carbocycles. The Balaban J connectivity index is 1.44. The highest BCUT2D eigenvalue weighted by Crippen LogP contribution is 2.41. The van der Waals surface area contributed by atoms with E-state index in [2.05, 4.69) is 15.5 Å². The summed E-state index contributed by atoms with van der Waals surface area (Å²) in [6.45, 7) is 0.170. The van der Waals surface area contributed by atoms with E-state index in [1.807, 2.05) is 0 Å². The van der Waals surface area contributed by atoms with Crippen molar-refractivity contribution >= 4 is 46.5 Å². The normalized spacial score (nSPS) is 13.8. The third-order valence-electron chi connectivity index (χ3n) is 4.65. The Kier molecular flexibility index (Phi) is 5.99. The molecule has 6 nitrogen and oxygen atoms in total. The number of alkyl halides is 2. The Morgan fingerprint density at radius 2 is 1.90 bits per heavy atom. The summed E-state index contributed by atoms with van der Waals surface area (Å²) in [5, 5.41) is 11.9. The van der Waals surface area contributed by atoms with Crippen molar-refractivity contribution < 1.29 is 13.6 Å². The quantitative estimate of drug-likeness (QED) is 0.489. The highest BCUT2D eigenvalue weighted by Gasteiger charge is 2.30. The second-order valence-corrected chi connectivity index (χ2v) is 8.27. The Bertz CT molecular complexity index is 1090. The van der Waals surface area contributed by atoms with Crippen molar-refractivity contribution in [2.24, 2.45) is 0 Å². The van der Waals surface area contributed by atoms with Gasteiger partial charge in [0.1, 0.15) is 17.3 Å². The van der Waals surface area contributed by atoms with Gasteiger partial charge in [-0.1, -0.05) is 40.9 Å². The molecule has 1 aromatic carbocycles. The van der Waals surface area contributed by atoms with E-state index in [0.717, 1.165) is 18.4 Å². The summed E-state index contributed by atoms with van der Waals surface area (Å²) < 4.78 is 28.9. The molecular weight excluding hydrogens is 459 g/mol. The highest BCUT2D eigenvalue weighted by atomic mass is 35.5. The van der Waals surface area contributed by atoms with E-state index in [-0.39, 0.29) is 29.0 Å². The van der Waals surface area contributed by atoms with Crippen LogP contribution in [0.15, 0.2) is 30.5 Å². The molecule has 1 aliphatic carbocycles. The summed E-state index contributed by atoms with van der Waals surface area (Å²) in [6, 6.07) is 6.58. The highest BCUT2D eigenvalue weighted by molar-refractivity contribution is 6.42. The van der Waals surface area contributed by atoms with Crippen molar-refractivity contribution in [3.63, 3.8) is 0 Å². The summed E-state index contributed by atoms with van der Waals surface area (Å²) in [5.74, 6) is -0.106. The third kappa shape index (κ3) is 4.77. The number of hydrogen-bond donors (Lipinski definition) is 1. The van der Waals surface area contributed by atoms with Gasteiger partial charge in [0, 0.05) is 17.8 Å². The van der Waals surface area contributed by atoms with E-state index >= 15 is 0 Å². The van der Waals surface area contributed by atoms with Crippen molar-refractivity contribution in [3.05, 3.63) is 62.5 Å². The smallest absolute Gasteiger partial charge is 0.282 e. The number of aromatic nitrogens is 4. The van der Waals surface area contributed by atoms with E-state index in [0.29, 0.717) is 22.3 Å². The molecule has 1 fully saturated rings. The summed E-state index contributed by atoms with van der Waals surface area (Å²) in [6.07, 6.45) is 0.693. The minimum absolute atomic E-state index is 0.173. The minimum Gasteiger partial charge on any atom is -0.306 e. The number of anilines is 1. The zero-order valence-corrected chi connectivity index (χ0v) is 17.7. The molecule has 30 heavy (non-hydrogen) atoms. The summed E-state index contributed by atoms with van der Waals surface area (Å²) >= 11 is 18.1. The number of carbonyl (C=O) groups excluding carboxylic acids is 1. The van der Waals surface area contributed by atoms with Crippen LogP contribution >= 0.6 is 34.8 Å². The number of rotatable bonds is 7. The number of hydrogen-bond acceptors (Lipinski definition) is 3. The molecule has 11 heteroatoms. The average Bonchev–Trinajstić information content (AvgIpc) is 3.35. The molecule has 158 valence electrons. The molecule has 3 aromatic rings. The molecule has 2 aromatic heterocycles. The lowest BCUT2D eigenvalue weighted by atomic mass is 10.2. The van der Waals surface area contributed by atoms with Gasteiger partial charge < -0.3 is 5.32 Å². The summed E-state index contributed by atoms with van der Waals surface area (Å²) in [5.41, 5.74) is 1.18. The topological polar surface area (TPSA) is 64.7 Å². The van der Waals surface area contributed by atoms with Gasteiger partial charge in [0.05, 0.1) is 16.6 Å². The number of benzene rings is 1. The van der Waals surface area contributed by atoms with Crippen molar-refractivity contribution in [1.82, 2.24) is 19.6 Å². The fourth-order valence-corrected chi connectivity index (χ4v) is 3.61. The maximum atomic E-state index is 13.0. The summed E-state index contributed by atoms with van der Waals surface area (Å²) in [7, 11) is 0. The summed E-state index contributed by atoms with van der Waals surface area (Å²) in [4.78, 5) is 12.5. The molecule has 0 bridgehead atoms. The maximum Gasteiger partial charge on any atom is 0.282 e. The van der Waals surface area contributed by atoms with Crippen LogP contribution in [0.25, 0.3) is 0 Å². The molecule has 1 N–H and O–H groups in total. The molecular formula is C19H16Cl3F2N5O. The Morgan fingerprint density at radius 1 is 1.13 bits per heavy atom. The van der Waals surface area contributed by atoms with Crippen LogP contribution in [-0.4, -0.2) is 25.5 Å². The average molecular weight is 475 g/mol. The molecule has 4 rings (SSSR count). The van der Waals surface area contributed by atoms with Gasteiger partial charge in [-0.2, -0.15) is 10.2 Å². The molecule has 0 unspecified atom stereocenters. The second-order valence-electron chi connectivity index (χ2n) is 7.05. The Morgan fingerprint density at radius 3 is 2.57 bits per heavy atom. The molecule has 0 spiro atoms. The largest absolute Gasteiger partial charge is 0.306 e. The number of nitrogens with one attached hydrogen (secondary N) is 1. The molecule has 2 heterocycles. The van der Waals surface area contributed by atoms with Crippen LogP contribution in [-0.2, 0) is 17.9 Å². The van der Waals surface area contributed by atoms with E-state index in [1.54, 1.807) is 29.1 Å². The standard InChI is InChI=1S/C19H16Cl3F2N5O/c20-12-4-1-10(5-13(12)21)7-28-8-14(22)19(27-28)25-17(30)9-29-16(11-2-3-11)6-15(26-29)18(23)24/h1,4-6,8,11,18H,2-3,7,9H2,(H,25,27,30). The van der Waals surface area contributed by atoms with Crippen LogP contribution in [0.5, 0.6) is 0 Å². The van der Waals surface area contributed by atoms with Crippen LogP contribution in [0.3, 0.4) is 0 Å². The van der Waals surface area contributed by atoms with Crippen LogP contribution in [0.2, 0.25) is 15.1 Å². The fraction of sp³-hybridized carbons (Fsp3) is 0.316. The van der Waals surface area contributed by atoms with Crippen molar-refractivity contribution in [2.75, 3.05) is 5.32 Å². The number of nitrogens with zero attached hydrogens (tertiary/aromatic N) is 4. The van der Waals surface area contributed by atoms with Gasteiger partial charge in [-0.05, 0) is 36.6 Å². The monoisotopic (exact) mass is 473 g/mol. The Labute approximate surface area is 185 Å². The molecule has 0 aliphatic heterocycles. The molecule has 0 atom stereocenters. The van der Waals surface area contributed by atoms with Crippen LogP contribution in [0.1, 0.15) is 42.1 Å². The molecule has 0 saturated heterocycles. The fourth-order valence-electron chi connectivity index (χ4n) is 3.09. The van der Waals surface area contributed by atoms with Gasteiger partial charge in [-0.3, -0.25) is 14.2 Å². The van der Waals surface area contributed by atoms with Crippen molar-refractivity contribution in [2.45, 2.75) is 38.3 Å². The second kappa shape index (κ2) is 8.53. The first kappa shape index (κ1) is 21.1. The zero-order valence-electron chi connectivity index (χ0n) is 15.5. The lowest BCUT2D eigenvalue weighted by Gasteiger charge is -2.07. The first-order valence-electron chi connectivity index (χ1n) is 9.12. The van der Waals surface area contributed by atoms with Gasteiger partial charge in [0.25, 0.3) is 6.43 Å². The van der Waals surface area contributed by atoms with Crippen molar-refractivity contribution in [1.29, 1.82) is 0 Å². The zero-order chi connectivity index (χ0) is 21.4. The predicted octanol–water partition coefficient (Wildman–Crippen LogP) is 5.54. The number of amides is 1. The van der Waals surface area contributed by atoms with Gasteiger partial charge >= 0.3 is 0 Å². The maximum absolute atomic E-state index is 13.0. The lowest BCUT2D eigenvalue weighted by Crippen LogP contribution is -2.21. The van der Waals surface area contributed by atoms with E-state index in [9.17, 15) is 13.6 Å². The van der Waals surface area contributed by atoms with Gasteiger partial charge in [-0.25, -0.2) is 8.78 Å². The first-order chi connectivity index (χ1) is 14.3. The van der Waals surface area contributed by atoms with Gasteiger partial charge in [0.15, 0.2) is 5.82 Å². The van der Waals surface area contributed by atoms with Crippen molar-refractivity contribution in [3.8, 4) is 0 Å². The van der Waals surface area contributed by atoms with Gasteiger partial charge in [-0.15, -0.1) is 0 Å². The minimum atomic E-state index is -2.68. The van der Waals surface area contributed by atoms with Crippen LogP contribution < -0.4 is 5.32 Å². The SMILES string of the molecule is O=C(Cn1nc(C(F)F)cc1C1CC1)Nc1nn(Cc2ccc(Cl)c(Cl)c2)cc1Cl. The molecule has 1 aliphatic rings. The van der Waals surface area contributed by atoms with Crippen LogP contribution in [0, 0.1) is 0 Å². The van der Waals surface area contributed by atoms with Gasteiger partial charge in [0.2, 0.25) is 5.91 Å². The molecule has 1 amide bonds. The Hall–Kier alpha value is -2.16. The van der Waals surface area contributed by atoms with Crippen LogP contribution in [0.4, 0.5) is 14.6 Å². The number of carbonyl (C=O) groups is 1. The third-order valence-corrected chi connectivity index (χ3v) is 5.66. The lowest BCUT2D eigenvalue weighted by molar-refractivity contribution is -0.117. The first-order valence-corrected chi connectivity index (χ1v) is 10.3. The number of halogens is 5. The molecule has 0 radical (unpaired) electrons. The van der Waals surface area contributed by atoms with E-state index in [4.69, 9.17) is 34.8 Å². The van der Waals surface area contributed by atoms with E-state index < -0.39 is 12.3 Å². The predicted molar refractivity (Wildman–Crippen MR) is 111 cm³/mol. The van der Waals surface area contributed by atoms with E-state index in [1.165, 1.54) is 10.7 Å².